The average Bonchev–Trinajstić information content (AvgIpc) is 2.70. The van der Waals surface area contributed by atoms with Gasteiger partial charge >= 0.3 is 0 Å². The van der Waals surface area contributed by atoms with Crippen molar-refractivity contribution in [1.82, 2.24) is 9.78 Å². The number of nitrogens with two attached hydrogens (primary N) is 1. The summed E-state index contributed by atoms with van der Waals surface area (Å²) in [6.07, 6.45) is 1.68. The monoisotopic (exact) mass is 277 g/mol. The average molecular weight is 278 g/mol. The molecule has 2 rings (SSSR count). The van der Waals surface area contributed by atoms with Gasteiger partial charge in [-0.1, -0.05) is 30.7 Å². The van der Waals surface area contributed by atoms with Crippen LogP contribution in [0.4, 0.5) is 0 Å². The highest BCUT2D eigenvalue weighted by Crippen LogP contribution is 2.25. The number of nitrogens with zero attached hydrogens (tertiary/aromatic N) is 2. The number of halogens is 1. The molecule has 1 atom stereocenters. The summed E-state index contributed by atoms with van der Waals surface area (Å²) in [5.41, 5.74) is 10.6. The van der Waals surface area contributed by atoms with Gasteiger partial charge in [-0.05, 0) is 36.6 Å². The fraction of sp³-hybridized carbons (Fsp3) is 0.400. The first kappa shape index (κ1) is 14.1. The van der Waals surface area contributed by atoms with Crippen molar-refractivity contribution in [2.75, 3.05) is 0 Å². The normalized spacial score (nSPS) is 12.7. The van der Waals surface area contributed by atoms with Crippen LogP contribution in [-0.4, -0.2) is 9.78 Å². The third-order valence-electron chi connectivity index (χ3n) is 3.37. The Morgan fingerprint density at radius 3 is 2.68 bits per heavy atom. The van der Waals surface area contributed by atoms with E-state index in [2.05, 4.69) is 18.1 Å². The SMILES string of the molecule is CCc1cc(CC(N)c2ccc(C)cc2Cl)n(C)n1. The fourth-order valence-corrected chi connectivity index (χ4v) is 2.58. The highest BCUT2D eigenvalue weighted by molar-refractivity contribution is 6.31. The summed E-state index contributed by atoms with van der Waals surface area (Å²) in [7, 11) is 1.96. The highest BCUT2D eigenvalue weighted by Gasteiger charge is 2.14. The Labute approximate surface area is 119 Å². The molecule has 2 N–H and O–H groups in total. The second-order valence-corrected chi connectivity index (χ2v) is 5.35. The van der Waals surface area contributed by atoms with Crippen LogP contribution in [0.1, 0.15) is 35.5 Å². The summed E-state index contributed by atoms with van der Waals surface area (Å²) in [5, 5.41) is 5.18. The van der Waals surface area contributed by atoms with Crippen LogP contribution >= 0.6 is 11.6 Å². The van der Waals surface area contributed by atoms with E-state index in [1.807, 2.05) is 36.9 Å². The maximum absolute atomic E-state index is 6.27. The molecule has 0 aliphatic rings. The molecule has 0 saturated heterocycles. The molecule has 0 amide bonds. The predicted octanol–water partition coefficient (Wildman–Crippen LogP) is 3.19. The van der Waals surface area contributed by atoms with Crippen LogP contribution in [-0.2, 0) is 19.9 Å². The summed E-state index contributed by atoms with van der Waals surface area (Å²) in [4.78, 5) is 0. The van der Waals surface area contributed by atoms with Gasteiger partial charge in [0.05, 0.1) is 5.69 Å². The molecule has 0 aliphatic heterocycles. The zero-order valence-electron chi connectivity index (χ0n) is 11.7. The summed E-state index contributed by atoms with van der Waals surface area (Å²) >= 11 is 6.26. The van der Waals surface area contributed by atoms with Crippen LogP contribution in [0.2, 0.25) is 5.02 Å². The molecule has 0 bridgehead atoms. The smallest absolute Gasteiger partial charge is 0.0624 e. The molecule has 19 heavy (non-hydrogen) atoms. The number of aromatic nitrogens is 2. The Morgan fingerprint density at radius 2 is 2.11 bits per heavy atom. The minimum absolute atomic E-state index is 0.104. The van der Waals surface area contributed by atoms with E-state index in [1.54, 1.807) is 0 Å². The van der Waals surface area contributed by atoms with E-state index in [-0.39, 0.29) is 6.04 Å². The van der Waals surface area contributed by atoms with Crippen LogP contribution < -0.4 is 5.73 Å². The Balaban J connectivity index is 2.20. The van der Waals surface area contributed by atoms with Crippen LogP contribution in [0.3, 0.4) is 0 Å². The van der Waals surface area contributed by atoms with E-state index in [0.29, 0.717) is 0 Å². The summed E-state index contributed by atoms with van der Waals surface area (Å²) in [6, 6.07) is 8.02. The van der Waals surface area contributed by atoms with Gasteiger partial charge in [0.25, 0.3) is 0 Å². The van der Waals surface area contributed by atoms with Crippen molar-refractivity contribution in [2.45, 2.75) is 32.7 Å². The molecule has 0 aliphatic carbocycles. The molecule has 0 radical (unpaired) electrons. The largest absolute Gasteiger partial charge is 0.324 e. The first-order valence-electron chi connectivity index (χ1n) is 6.54. The quantitative estimate of drug-likeness (QED) is 0.933. The second kappa shape index (κ2) is 5.76. The predicted molar refractivity (Wildman–Crippen MR) is 79.4 cm³/mol. The first-order valence-corrected chi connectivity index (χ1v) is 6.92. The van der Waals surface area contributed by atoms with Gasteiger partial charge in [0.2, 0.25) is 0 Å². The van der Waals surface area contributed by atoms with Gasteiger partial charge in [-0.2, -0.15) is 5.10 Å². The summed E-state index contributed by atoms with van der Waals surface area (Å²) in [6.45, 7) is 4.12. The molecule has 4 heteroatoms. The van der Waals surface area contributed by atoms with Gasteiger partial charge in [0.1, 0.15) is 0 Å². The van der Waals surface area contributed by atoms with E-state index in [9.17, 15) is 0 Å². The summed E-state index contributed by atoms with van der Waals surface area (Å²) < 4.78 is 1.90. The topological polar surface area (TPSA) is 43.8 Å². The van der Waals surface area contributed by atoms with Crippen LogP contribution in [0.15, 0.2) is 24.3 Å². The molecule has 0 fully saturated rings. The fourth-order valence-electron chi connectivity index (χ4n) is 2.20. The lowest BCUT2D eigenvalue weighted by Gasteiger charge is -2.14. The van der Waals surface area contributed by atoms with E-state index < -0.39 is 0 Å². The lowest BCUT2D eigenvalue weighted by atomic mass is 10.0. The van der Waals surface area contributed by atoms with Crippen LogP contribution in [0, 0.1) is 6.92 Å². The number of rotatable bonds is 4. The molecule has 102 valence electrons. The van der Waals surface area contributed by atoms with Crippen molar-refractivity contribution in [3.63, 3.8) is 0 Å². The van der Waals surface area contributed by atoms with E-state index in [1.165, 1.54) is 0 Å². The standard InChI is InChI=1S/C15H20ClN3/c1-4-11-8-12(19(3)18-11)9-15(17)13-6-5-10(2)7-14(13)16/h5-8,15H,4,9,17H2,1-3H3. The molecule has 3 nitrogen and oxygen atoms in total. The Bertz CT molecular complexity index is 575. The number of hydrogen-bond acceptors (Lipinski definition) is 2. The van der Waals surface area contributed by atoms with Gasteiger partial charge in [-0.3, -0.25) is 4.68 Å². The zero-order valence-corrected chi connectivity index (χ0v) is 12.4. The van der Waals surface area contributed by atoms with Gasteiger partial charge in [0.15, 0.2) is 0 Å². The van der Waals surface area contributed by atoms with Crippen molar-refractivity contribution < 1.29 is 0 Å². The maximum Gasteiger partial charge on any atom is 0.0624 e. The molecular formula is C15H20ClN3. The van der Waals surface area contributed by atoms with Crippen molar-refractivity contribution >= 4 is 11.6 Å². The molecular weight excluding hydrogens is 258 g/mol. The minimum Gasteiger partial charge on any atom is -0.324 e. The molecule has 1 unspecified atom stereocenters. The molecule has 1 aromatic heterocycles. The van der Waals surface area contributed by atoms with Gasteiger partial charge in [0, 0.05) is 30.2 Å². The first-order chi connectivity index (χ1) is 9.01. The minimum atomic E-state index is -0.104. The lowest BCUT2D eigenvalue weighted by Crippen LogP contribution is -2.15. The van der Waals surface area contributed by atoms with Crippen molar-refractivity contribution in [2.24, 2.45) is 12.8 Å². The van der Waals surface area contributed by atoms with Crippen molar-refractivity contribution in [3.8, 4) is 0 Å². The Kier molecular flexibility index (Phi) is 4.27. The molecule has 2 aromatic rings. The van der Waals surface area contributed by atoms with E-state index in [4.69, 9.17) is 17.3 Å². The third kappa shape index (κ3) is 3.17. The Hall–Kier alpha value is -1.32. The second-order valence-electron chi connectivity index (χ2n) is 4.94. The van der Waals surface area contributed by atoms with Gasteiger partial charge in [-0.25, -0.2) is 0 Å². The van der Waals surface area contributed by atoms with Gasteiger partial charge in [-0.15, -0.1) is 0 Å². The molecule has 0 spiro atoms. The Morgan fingerprint density at radius 1 is 1.37 bits per heavy atom. The zero-order chi connectivity index (χ0) is 14.0. The van der Waals surface area contributed by atoms with Crippen molar-refractivity contribution in [3.05, 3.63) is 51.8 Å². The summed E-state index contributed by atoms with van der Waals surface area (Å²) in [5.74, 6) is 0. The molecule has 1 aromatic carbocycles. The van der Waals surface area contributed by atoms with Crippen LogP contribution in [0.25, 0.3) is 0 Å². The van der Waals surface area contributed by atoms with E-state index in [0.717, 1.165) is 40.4 Å². The molecule has 0 saturated carbocycles. The maximum atomic E-state index is 6.27. The number of aryl methyl sites for hydroxylation is 3. The third-order valence-corrected chi connectivity index (χ3v) is 3.70. The number of benzene rings is 1. The van der Waals surface area contributed by atoms with E-state index >= 15 is 0 Å². The van der Waals surface area contributed by atoms with Gasteiger partial charge < -0.3 is 5.73 Å². The number of hydrogen-bond donors (Lipinski definition) is 1. The highest BCUT2D eigenvalue weighted by atomic mass is 35.5. The lowest BCUT2D eigenvalue weighted by molar-refractivity contribution is 0.638. The van der Waals surface area contributed by atoms with Crippen molar-refractivity contribution in [1.29, 1.82) is 0 Å². The molecule has 1 heterocycles. The van der Waals surface area contributed by atoms with Crippen LogP contribution in [0.5, 0.6) is 0 Å².